The van der Waals surface area contributed by atoms with Crippen molar-refractivity contribution in [3.8, 4) is 5.75 Å². The van der Waals surface area contributed by atoms with Crippen molar-refractivity contribution in [2.45, 2.75) is 6.42 Å². The summed E-state index contributed by atoms with van der Waals surface area (Å²) in [7, 11) is 0. The first-order valence-electron chi connectivity index (χ1n) is 5.04. The molecule has 0 atom stereocenters. The van der Waals surface area contributed by atoms with Crippen LogP contribution in [0.4, 0.5) is 5.69 Å². The highest BCUT2D eigenvalue weighted by Crippen LogP contribution is 2.27. The summed E-state index contributed by atoms with van der Waals surface area (Å²) in [5, 5.41) is 10.8. The standard InChI is InChI=1S/C11H13NO4S/c1-17-6-2-5-16-11-4-3-9(8-13)7-10(11)12(14)15/h3-4,7-8H,2,5-6H2,1H3. The molecule has 0 N–H and O–H groups in total. The molecule has 0 radical (unpaired) electrons. The molecule has 1 aromatic rings. The largest absolute Gasteiger partial charge is 0.487 e. The molecule has 0 amide bonds. The van der Waals surface area contributed by atoms with Crippen molar-refractivity contribution < 1.29 is 14.5 Å². The monoisotopic (exact) mass is 255 g/mol. The Labute approximate surface area is 103 Å². The van der Waals surface area contributed by atoms with Gasteiger partial charge in [-0.15, -0.1) is 0 Å². The first-order valence-corrected chi connectivity index (χ1v) is 6.43. The molecular weight excluding hydrogens is 242 g/mol. The summed E-state index contributed by atoms with van der Waals surface area (Å²) in [4.78, 5) is 20.8. The van der Waals surface area contributed by atoms with Crippen LogP contribution in [-0.2, 0) is 0 Å². The van der Waals surface area contributed by atoms with E-state index in [9.17, 15) is 14.9 Å². The third-order valence-electron chi connectivity index (χ3n) is 2.07. The van der Waals surface area contributed by atoms with Gasteiger partial charge in [-0.25, -0.2) is 0 Å². The lowest BCUT2D eigenvalue weighted by Gasteiger charge is -2.06. The van der Waals surface area contributed by atoms with Crippen molar-refractivity contribution in [2.24, 2.45) is 0 Å². The van der Waals surface area contributed by atoms with Gasteiger partial charge >= 0.3 is 5.69 Å². The second-order valence-corrected chi connectivity index (χ2v) is 4.28. The van der Waals surface area contributed by atoms with Gasteiger partial charge in [-0.05, 0) is 30.6 Å². The van der Waals surface area contributed by atoms with Crippen molar-refractivity contribution in [1.82, 2.24) is 0 Å². The Balaban J connectivity index is 2.76. The second kappa shape index (κ2) is 6.90. The lowest BCUT2D eigenvalue weighted by Crippen LogP contribution is -2.02. The van der Waals surface area contributed by atoms with Crippen molar-refractivity contribution in [2.75, 3.05) is 18.6 Å². The van der Waals surface area contributed by atoms with Gasteiger partial charge in [0.25, 0.3) is 0 Å². The van der Waals surface area contributed by atoms with Gasteiger partial charge in [-0.3, -0.25) is 14.9 Å². The highest BCUT2D eigenvalue weighted by Gasteiger charge is 2.15. The Morgan fingerprint density at radius 1 is 1.53 bits per heavy atom. The Bertz CT molecular complexity index is 408. The number of nitrogens with zero attached hydrogens (tertiary/aromatic N) is 1. The number of carbonyl (C=O) groups excluding carboxylic acids is 1. The molecule has 0 saturated carbocycles. The first-order chi connectivity index (χ1) is 8.19. The van der Waals surface area contributed by atoms with Crippen LogP contribution in [0.15, 0.2) is 18.2 Å². The second-order valence-electron chi connectivity index (χ2n) is 3.30. The van der Waals surface area contributed by atoms with Gasteiger partial charge in [-0.1, -0.05) is 0 Å². The predicted molar refractivity (Wildman–Crippen MR) is 67.0 cm³/mol. The molecule has 17 heavy (non-hydrogen) atoms. The van der Waals surface area contributed by atoms with Gasteiger partial charge in [0, 0.05) is 11.6 Å². The van der Waals surface area contributed by atoms with E-state index in [4.69, 9.17) is 4.74 Å². The molecule has 0 fully saturated rings. The molecule has 0 bridgehead atoms. The van der Waals surface area contributed by atoms with Gasteiger partial charge in [0.05, 0.1) is 11.5 Å². The smallest absolute Gasteiger partial charge is 0.311 e. The summed E-state index contributed by atoms with van der Waals surface area (Å²) < 4.78 is 5.33. The summed E-state index contributed by atoms with van der Waals surface area (Å²) in [5.74, 6) is 1.15. The molecule has 0 aliphatic heterocycles. The van der Waals surface area contributed by atoms with Gasteiger partial charge in [0.1, 0.15) is 6.29 Å². The molecule has 0 unspecified atom stereocenters. The van der Waals surface area contributed by atoms with Crippen molar-refractivity contribution in [3.63, 3.8) is 0 Å². The lowest BCUT2D eigenvalue weighted by molar-refractivity contribution is -0.385. The van der Waals surface area contributed by atoms with Gasteiger partial charge in [0.2, 0.25) is 0 Å². The van der Waals surface area contributed by atoms with Crippen LogP contribution in [0.2, 0.25) is 0 Å². The van der Waals surface area contributed by atoms with E-state index in [1.54, 1.807) is 11.8 Å². The zero-order valence-corrected chi connectivity index (χ0v) is 10.2. The molecule has 0 aliphatic carbocycles. The lowest BCUT2D eigenvalue weighted by atomic mass is 10.2. The zero-order valence-electron chi connectivity index (χ0n) is 9.42. The van der Waals surface area contributed by atoms with Crippen LogP contribution in [-0.4, -0.2) is 29.8 Å². The number of nitro benzene ring substituents is 1. The molecule has 0 spiro atoms. The van der Waals surface area contributed by atoms with Crippen molar-refractivity contribution in [1.29, 1.82) is 0 Å². The molecule has 92 valence electrons. The summed E-state index contributed by atoms with van der Waals surface area (Å²) in [6.07, 6.45) is 3.39. The number of rotatable bonds is 7. The number of aldehydes is 1. The van der Waals surface area contributed by atoms with Crippen LogP contribution < -0.4 is 4.74 Å². The highest BCUT2D eigenvalue weighted by atomic mass is 32.2. The number of nitro groups is 1. The molecule has 0 aliphatic rings. The number of hydrogen-bond acceptors (Lipinski definition) is 5. The van der Waals surface area contributed by atoms with Gasteiger partial charge in [0.15, 0.2) is 5.75 Å². The highest BCUT2D eigenvalue weighted by molar-refractivity contribution is 7.98. The Hall–Kier alpha value is -1.56. The van der Waals surface area contributed by atoms with Crippen LogP contribution in [0.1, 0.15) is 16.8 Å². The fourth-order valence-electron chi connectivity index (χ4n) is 1.26. The zero-order chi connectivity index (χ0) is 12.7. The van der Waals surface area contributed by atoms with E-state index in [1.807, 2.05) is 6.26 Å². The predicted octanol–water partition coefficient (Wildman–Crippen LogP) is 2.54. The van der Waals surface area contributed by atoms with Crippen LogP contribution in [0.25, 0.3) is 0 Å². The van der Waals surface area contributed by atoms with E-state index >= 15 is 0 Å². The molecule has 1 rings (SSSR count). The average molecular weight is 255 g/mol. The number of ether oxygens (including phenoxy) is 1. The minimum atomic E-state index is -0.545. The van der Waals surface area contributed by atoms with Gasteiger partial charge < -0.3 is 4.74 Å². The third kappa shape index (κ3) is 4.07. The van der Waals surface area contributed by atoms with E-state index in [0.29, 0.717) is 12.9 Å². The summed E-state index contributed by atoms with van der Waals surface area (Å²) in [6.45, 7) is 0.433. The molecular formula is C11H13NO4S. The Morgan fingerprint density at radius 3 is 2.88 bits per heavy atom. The van der Waals surface area contributed by atoms with Crippen LogP contribution in [0, 0.1) is 10.1 Å². The molecule has 1 aromatic carbocycles. The summed E-state index contributed by atoms with van der Waals surface area (Å²) >= 11 is 1.69. The fraction of sp³-hybridized carbons (Fsp3) is 0.364. The average Bonchev–Trinajstić information content (AvgIpc) is 2.34. The Morgan fingerprint density at radius 2 is 2.29 bits per heavy atom. The molecule has 0 heterocycles. The molecule has 5 nitrogen and oxygen atoms in total. The summed E-state index contributed by atoms with van der Waals surface area (Å²) in [6, 6.07) is 4.18. The maximum absolute atomic E-state index is 10.8. The number of hydrogen-bond donors (Lipinski definition) is 0. The number of carbonyl (C=O) groups is 1. The quantitative estimate of drug-likeness (QED) is 0.324. The normalized spacial score (nSPS) is 9.94. The number of thioether (sulfide) groups is 1. The minimum absolute atomic E-state index is 0.168. The van der Waals surface area contributed by atoms with E-state index in [0.717, 1.165) is 12.2 Å². The molecule has 0 saturated heterocycles. The Kier molecular flexibility index (Phi) is 5.48. The number of benzene rings is 1. The fourth-order valence-corrected chi connectivity index (χ4v) is 1.66. The minimum Gasteiger partial charge on any atom is -0.487 e. The van der Waals surface area contributed by atoms with Crippen LogP contribution in [0.5, 0.6) is 5.75 Å². The van der Waals surface area contributed by atoms with E-state index < -0.39 is 4.92 Å². The third-order valence-corrected chi connectivity index (χ3v) is 2.76. The van der Waals surface area contributed by atoms with E-state index in [1.165, 1.54) is 18.2 Å². The van der Waals surface area contributed by atoms with Crippen LogP contribution in [0.3, 0.4) is 0 Å². The maximum Gasteiger partial charge on any atom is 0.311 e. The van der Waals surface area contributed by atoms with Crippen LogP contribution >= 0.6 is 11.8 Å². The van der Waals surface area contributed by atoms with E-state index in [-0.39, 0.29) is 17.0 Å². The van der Waals surface area contributed by atoms with Crippen molar-refractivity contribution in [3.05, 3.63) is 33.9 Å². The first kappa shape index (κ1) is 13.5. The molecule has 0 aromatic heterocycles. The van der Waals surface area contributed by atoms with Crippen molar-refractivity contribution >= 4 is 23.7 Å². The maximum atomic E-state index is 10.8. The topological polar surface area (TPSA) is 69.4 Å². The SMILES string of the molecule is CSCCCOc1ccc(C=O)cc1[N+](=O)[O-]. The van der Waals surface area contributed by atoms with Gasteiger partial charge in [-0.2, -0.15) is 11.8 Å². The summed E-state index contributed by atoms with van der Waals surface area (Å²) in [5.41, 5.74) is 0.104. The molecule has 6 heteroatoms. The van der Waals surface area contributed by atoms with E-state index in [2.05, 4.69) is 0 Å².